The van der Waals surface area contributed by atoms with Crippen molar-refractivity contribution in [3.05, 3.63) is 48.1 Å². The van der Waals surface area contributed by atoms with E-state index in [1.54, 1.807) is 19.1 Å². The second kappa shape index (κ2) is 12.6. The van der Waals surface area contributed by atoms with Crippen LogP contribution >= 0.6 is 0 Å². The van der Waals surface area contributed by atoms with Crippen LogP contribution in [0.25, 0.3) is 0 Å². The average molecular weight is 616 g/mol. The number of fused-ring (bicyclic) bond motifs is 3. The minimum absolute atomic E-state index is 0.0927. The molecule has 2 saturated carbocycles. The highest BCUT2D eigenvalue weighted by Crippen LogP contribution is 2.62. The maximum absolute atomic E-state index is 17.4. The van der Waals surface area contributed by atoms with Gasteiger partial charge < -0.3 is 24.6 Å². The highest BCUT2D eigenvalue weighted by molar-refractivity contribution is 6.01. The number of anilines is 1. The van der Waals surface area contributed by atoms with Crippen LogP contribution in [0, 0.1) is 17.3 Å². The van der Waals surface area contributed by atoms with Crippen molar-refractivity contribution < 1.29 is 37.7 Å². The minimum Gasteiger partial charge on any atom is -0.486 e. The molecule has 3 fully saturated rings. The summed E-state index contributed by atoms with van der Waals surface area (Å²) >= 11 is 0. The molecule has 1 aliphatic heterocycles. The number of carbonyl (C=O) groups is 2. The van der Waals surface area contributed by atoms with Gasteiger partial charge in [-0.1, -0.05) is 26.3 Å². The van der Waals surface area contributed by atoms with Crippen molar-refractivity contribution in [2.45, 2.75) is 122 Å². The fourth-order valence-electron chi connectivity index (χ4n) is 8.08. The summed E-state index contributed by atoms with van der Waals surface area (Å²) in [5, 5.41) is 14.4. The Morgan fingerprint density at radius 3 is 2.59 bits per heavy atom. The van der Waals surface area contributed by atoms with E-state index in [4.69, 9.17) is 14.2 Å². The van der Waals surface area contributed by atoms with Gasteiger partial charge >= 0.3 is 0 Å². The summed E-state index contributed by atoms with van der Waals surface area (Å²) in [4.78, 5) is 26.0. The predicted octanol–water partition coefficient (Wildman–Crippen LogP) is 6.44. The molecule has 1 heterocycles. The number of nitrogens with one attached hydrogen (secondary N) is 1. The summed E-state index contributed by atoms with van der Waals surface area (Å²) < 4.78 is 51.8. The van der Waals surface area contributed by atoms with Crippen LogP contribution in [0.4, 0.5) is 14.5 Å². The van der Waals surface area contributed by atoms with E-state index in [0.717, 1.165) is 12.1 Å². The van der Waals surface area contributed by atoms with Crippen LogP contribution in [-0.2, 0) is 19.1 Å². The van der Waals surface area contributed by atoms with Crippen molar-refractivity contribution in [1.82, 2.24) is 0 Å². The summed E-state index contributed by atoms with van der Waals surface area (Å²) in [6.45, 7) is 9.35. The summed E-state index contributed by atoms with van der Waals surface area (Å²) in [6.07, 6.45) is 2.27. The number of Topliss-reactive ketones (excluding diaryl/α,β-unsaturated/α-hetero) is 1. The van der Waals surface area contributed by atoms with E-state index in [1.165, 1.54) is 18.2 Å². The molecule has 242 valence electrons. The molecule has 5 rings (SSSR count). The smallest absolute Gasteiger partial charge is 0.204 e. The van der Waals surface area contributed by atoms with Gasteiger partial charge in [0.1, 0.15) is 18.5 Å². The number of benzene rings is 1. The lowest BCUT2D eigenvalue weighted by Crippen LogP contribution is -2.65. The molecule has 0 spiro atoms. The maximum atomic E-state index is 17.4. The van der Waals surface area contributed by atoms with Gasteiger partial charge in [0.2, 0.25) is 5.78 Å². The van der Waals surface area contributed by atoms with E-state index in [1.807, 2.05) is 26.0 Å². The van der Waals surface area contributed by atoms with Crippen LogP contribution < -0.4 is 10.1 Å². The number of ketones is 2. The van der Waals surface area contributed by atoms with Crippen LogP contribution in [0.2, 0.25) is 0 Å². The highest BCUT2D eigenvalue weighted by Gasteiger charge is 2.67. The Morgan fingerprint density at radius 1 is 1.20 bits per heavy atom. The van der Waals surface area contributed by atoms with Crippen molar-refractivity contribution in [3.8, 4) is 5.75 Å². The summed E-state index contributed by atoms with van der Waals surface area (Å²) in [7, 11) is 0. The zero-order chi connectivity index (χ0) is 31.9. The van der Waals surface area contributed by atoms with Gasteiger partial charge in [0.15, 0.2) is 23.3 Å². The molecule has 7 nitrogen and oxygen atoms in total. The van der Waals surface area contributed by atoms with Gasteiger partial charge in [-0.25, -0.2) is 8.78 Å². The number of hydrogen-bond acceptors (Lipinski definition) is 7. The Kier molecular flexibility index (Phi) is 9.41. The largest absolute Gasteiger partial charge is 0.486 e. The van der Waals surface area contributed by atoms with Crippen LogP contribution in [0.3, 0.4) is 0 Å². The summed E-state index contributed by atoms with van der Waals surface area (Å²) in [6, 6.07) is 7.69. The van der Waals surface area contributed by atoms with Gasteiger partial charge in [-0.2, -0.15) is 0 Å². The first-order valence-electron chi connectivity index (χ1n) is 16.2. The van der Waals surface area contributed by atoms with Gasteiger partial charge in [0.05, 0.1) is 12.2 Å². The Hall–Kier alpha value is -2.62. The van der Waals surface area contributed by atoms with Crippen LogP contribution in [0.1, 0.15) is 79.6 Å². The first kappa shape index (κ1) is 32.8. The molecule has 2 N–H and O–H groups in total. The van der Waals surface area contributed by atoms with E-state index < -0.39 is 47.3 Å². The van der Waals surface area contributed by atoms with Crippen molar-refractivity contribution in [2.24, 2.45) is 17.3 Å². The van der Waals surface area contributed by atoms with Crippen molar-refractivity contribution in [2.75, 3.05) is 11.9 Å². The quantitative estimate of drug-likeness (QED) is 0.296. The summed E-state index contributed by atoms with van der Waals surface area (Å²) in [5.41, 5.74) is -3.89. The molecule has 1 aromatic rings. The number of alkyl halides is 2. The van der Waals surface area contributed by atoms with Gasteiger partial charge in [0, 0.05) is 23.1 Å². The van der Waals surface area contributed by atoms with Crippen molar-refractivity contribution in [1.29, 1.82) is 0 Å². The molecule has 3 aliphatic carbocycles. The second-order valence-electron chi connectivity index (χ2n) is 13.4. The number of allylic oxidation sites excluding steroid dienone is 4. The number of ether oxygens (including phenoxy) is 3. The molecule has 0 bridgehead atoms. The molecular weight excluding hydrogens is 568 g/mol. The van der Waals surface area contributed by atoms with E-state index in [2.05, 4.69) is 19.2 Å². The van der Waals surface area contributed by atoms with Crippen LogP contribution in [0.5, 0.6) is 5.75 Å². The van der Waals surface area contributed by atoms with Crippen LogP contribution in [-0.4, -0.2) is 65.3 Å². The van der Waals surface area contributed by atoms with Gasteiger partial charge in [-0.3, -0.25) is 9.59 Å². The van der Waals surface area contributed by atoms with Gasteiger partial charge in [-0.05, 0) is 107 Å². The van der Waals surface area contributed by atoms with Crippen LogP contribution in [0.15, 0.2) is 48.1 Å². The molecule has 0 amide bonds. The zero-order valence-electron chi connectivity index (χ0n) is 26.5. The molecule has 4 aliphatic rings. The maximum Gasteiger partial charge on any atom is 0.204 e. The number of halogens is 2. The third-order valence-corrected chi connectivity index (χ3v) is 10.4. The Balaban J connectivity index is 1.38. The number of rotatable bonds is 11. The fourth-order valence-corrected chi connectivity index (χ4v) is 8.08. The first-order chi connectivity index (χ1) is 20.9. The predicted molar refractivity (Wildman–Crippen MR) is 164 cm³/mol. The lowest BCUT2D eigenvalue weighted by atomic mass is 9.48. The third kappa shape index (κ3) is 5.64. The van der Waals surface area contributed by atoms with E-state index in [9.17, 15) is 14.7 Å². The number of aliphatic hydroxyl groups excluding tert-OH is 1. The first-order valence-corrected chi connectivity index (χ1v) is 16.2. The van der Waals surface area contributed by atoms with E-state index in [-0.39, 0.29) is 55.0 Å². The molecule has 1 aromatic carbocycles. The van der Waals surface area contributed by atoms with Crippen molar-refractivity contribution in [3.63, 3.8) is 0 Å². The molecule has 9 heteroatoms. The average Bonchev–Trinajstić information content (AvgIpc) is 3.34. The molecule has 44 heavy (non-hydrogen) atoms. The molecule has 1 saturated heterocycles. The van der Waals surface area contributed by atoms with Gasteiger partial charge in [-0.15, -0.1) is 0 Å². The Morgan fingerprint density at radius 2 is 1.93 bits per heavy atom. The topological polar surface area (TPSA) is 94.1 Å². The normalized spacial score (nSPS) is 38.2. The SMILES string of the molecule is CCCC1O[C@H](C[C@@H]2CC[C@H](O)[C@@]3(F)[C@H]2C[C@H](F)C2=CC(=O)C=C[C@@]23C)[C@@](CC)(C(=O)COc2ccc(NC(C)C)cc2)O1. The monoisotopic (exact) mass is 615 g/mol. The fraction of sp³-hybridized carbons (Fsp3) is 0.657. The zero-order valence-corrected chi connectivity index (χ0v) is 26.5. The highest BCUT2D eigenvalue weighted by atomic mass is 19.1. The number of hydrogen-bond donors (Lipinski definition) is 2. The third-order valence-electron chi connectivity index (χ3n) is 10.4. The lowest BCUT2D eigenvalue weighted by Gasteiger charge is -2.59. The molecular formula is C35H47F2NO6. The molecule has 9 atom stereocenters. The number of aliphatic hydroxyl groups is 1. The van der Waals surface area contributed by atoms with Gasteiger partial charge in [0.25, 0.3) is 0 Å². The summed E-state index contributed by atoms with van der Waals surface area (Å²) in [5.74, 6) is -1.29. The lowest BCUT2D eigenvalue weighted by molar-refractivity contribution is -0.173. The Bertz CT molecular complexity index is 1280. The molecule has 0 aromatic heterocycles. The standard InChI is InChI=1S/C35H47F2NO6/c1-6-8-32-43-31(34(7-2,44-32)30(41)20-42-25-12-10-23(11-13-25)38-21(3)4)17-22-9-14-29(40)35(37)26(22)19-28(36)27-18-24(39)15-16-33(27,35)5/h10-13,15-16,18,21-22,26,28-29,31-32,38,40H,6-9,14,17,19-20H2,1-5H3/t22-,26-,28-,29-,31+,32?,33-,34+,35-/m0/s1. The minimum atomic E-state index is -2.18. The Labute approximate surface area is 259 Å². The number of carbonyl (C=O) groups excluding carboxylic acids is 2. The molecule has 1 unspecified atom stereocenters. The van der Waals surface area contributed by atoms with E-state index >= 15 is 8.78 Å². The van der Waals surface area contributed by atoms with Crippen molar-refractivity contribution >= 4 is 17.3 Å². The van der Waals surface area contributed by atoms with E-state index in [0.29, 0.717) is 25.0 Å². The molecule has 0 radical (unpaired) electrons. The second-order valence-corrected chi connectivity index (χ2v) is 13.4.